The van der Waals surface area contributed by atoms with E-state index in [9.17, 15) is 18.0 Å². The minimum Gasteiger partial charge on any atom is -0.351 e. The molecule has 0 N–H and O–H groups in total. The van der Waals surface area contributed by atoms with Crippen molar-refractivity contribution in [1.82, 2.24) is 14.3 Å². The van der Waals surface area contributed by atoms with Gasteiger partial charge in [0, 0.05) is 45.4 Å². The van der Waals surface area contributed by atoms with Gasteiger partial charge in [-0.15, -0.1) is 0 Å². The number of nitrogens with zero attached hydrogens (tertiary/aromatic N) is 6. The summed E-state index contributed by atoms with van der Waals surface area (Å²) < 4.78 is 27.2. The highest BCUT2D eigenvalue weighted by atomic mass is 32.2. The molecule has 0 saturated carbocycles. The van der Waals surface area contributed by atoms with E-state index in [2.05, 4.69) is 9.97 Å². The molecule has 1 aromatic heterocycles. The number of hydrogen-bond donors (Lipinski definition) is 0. The van der Waals surface area contributed by atoms with Crippen LogP contribution in [0.25, 0.3) is 0 Å². The van der Waals surface area contributed by atoms with Gasteiger partial charge in [0.15, 0.2) is 11.5 Å². The van der Waals surface area contributed by atoms with Crippen molar-refractivity contribution in [2.45, 2.75) is 23.8 Å². The average molecular weight is 426 g/mol. The summed E-state index contributed by atoms with van der Waals surface area (Å²) >= 11 is 0. The highest BCUT2D eigenvalue weighted by Crippen LogP contribution is 2.28. The molecule has 2 amide bonds. The molecule has 0 bridgehead atoms. The zero-order valence-electron chi connectivity index (χ0n) is 16.1. The Labute approximate surface area is 173 Å². The van der Waals surface area contributed by atoms with Crippen molar-refractivity contribution in [3.8, 4) is 6.07 Å². The SMILES string of the molecule is CN(C1CN(c2nccnc2C#N)C1)S(=O)(=O)c1ccc(N2C(=O)CCC2=O)cc1. The maximum Gasteiger partial charge on any atom is 0.243 e. The number of sulfonamides is 1. The molecule has 4 rings (SSSR count). The number of likely N-dealkylation sites (N-methyl/N-ethyl adjacent to an activating group) is 1. The molecule has 2 saturated heterocycles. The monoisotopic (exact) mass is 426 g/mol. The highest BCUT2D eigenvalue weighted by molar-refractivity contribution is 7.89. The molecule has 2 fully saturated rings. The molecule has 0 aliphatic carbocycles. The second-order valence-corrected chi connectivity index (χ2v) is 9.03. The number of carbonyl (C=O) groups excluding carboxylic acids is 2. The van der Waals surface area contributed by atoms with Crippen LogP contribution in [0.2, 0.25) is 0 Å². The van der Waals surface area contributed by atoms with Crippen LogP contribution in [-0.4, -0.2) is 60.7 Å². The first-order valence-electron chi connectivity index (χ1n) is 9.23. The number of aromatic nitrogens is 2. The molecule has 10 nitrogen and oxygen atoms in total. The summed E-state index contributed by atoms with van der Waals surface area (Å²) in [6.45, 7) is 0.774. The van der Waals surface area contributed by atoms with Gasteiger partial charge in [0.05, 0.1) is 16.6 Å². The maximum atomic E-state index is 13.0. The molecule has 2 aromatic rings. The van der Waals surface area contributed by atoms with Crippen LogP contribution in [0.15, 0.2) is 41.6 Å². The lowest BCUT2D eigenvalue weighted by Gasteiger charge is -2.43. The Hall–Kier alpha value is -3.36. The second kappa shape index (κ2) is 7.47. The van der Waals surface area contributed by atoms with Gasteiger partial charge in [-0.1, -0.05) is 0 Å². The fourth-order valence-corrected chi connectivity index (χ4v) is 4.83. The van der Waals surface area contributed by atoms with Gasteiger partial charge in [-0.05, 0) is 24.3 Å². The van der Waals surface area contributed by atoms with Gasteiger partial charge in [0.2, 0.25) is 21.8 Å². The number of carbonyl (C=O) groups is 2. The number of imide groups is 1. The minimum atomic E-state index is -3.77. The van der Waals surface area contributed by atoms with Crippen LogP contribution >= 0.6 is 0 Å². The number of amides is 2. The Morgan fingerprint density at radius 1 is 1.07 bits per heavy atom. The van der Waals surface area contributed by atoms with Gasteiger partial charge in [0.25, 0.3) is 0 Å². The first-order valence-corrected chi connectivity index (χ1v) is 10.7. The number of benzene rings is 1. The van der Waals surface area contributed by atoms with Gasteiger partial charge in [-0.3, -0.25) is 14.5 Å². The van der Waals surface area contributed by atoms with E-state index in [1.165, 1.54) is 48.0 Å². The Bertz CT molecular complexity index is 1140. The van der Waals surface area contributed by atoms with E-state index in [1.807, 2.05) is 6.07 Å². The summed E-state index contributed by atoms with van der Waals surface area (Å²) in [6.07, 6.45) is 3.25. The molecule has 3 heterocycles. The van der Waals surface area contributed by atoms with Crippen molar-refractivity contribution in [2.24, 2.45) is 0 Å². The average Bonchev–Trinajstić information content (AvgIpc) is 3.05. The first-order chi connectivity index (χ1) is 14.3. The van der Waals surface area contributed by atoms with E-state index < -0.39 is 10.0 Å². The molecular weight excluding hydrogens is 408 g/mol. The van der Waals surface area contributed by atoms with Crippen LogP contribution in [0.3, 0.4) is 0 Å². The maximum absolute atomic E-state index is 13.0. The van der Waals surface area contributed by atoms with Crippen molar-refractivity contribution in [3.05, 3.63) is 42.4 Å². The predicted octanol–water partition coefficient (Wildman–Crippen LogP) is 0.511. The smallest absolute Gasteiger partial charge is 0.243 e. The zero-order valence-corrected chi connectivity index (χ0v) is 16.9. The molecule has 0 atom stereocenters. The van der Waals surface area contributed by atoms with Gasteiger partial charge < -0.3 is 4.90 Å². The molecule has 0 spiro atoms. The fraction of sp³-hybridized carbons (Fsp3) is 0.316. The third kappa shape index (κ3) is 3.30. The highest BCUT2D eigenvalue weighted by Gasteiger charge is 2.38. The molecule has 30 heavy (non-hydrogen) atoms. The van der Waals surface area contributed by atoms with Crippen LogP contribution in [0, 0.1) is 11.3 Å². The molecule has 154 valence electrons. The predicted molar refractivity (Wildman–Crippen MR) is 106 cm³/mol. The van der Waals surface area contributed by atoms with E-state index in [4.69, 9.17) is 5.26 Å². The van der Waals surface area contributed by atoms with Crippen molar-refractivity contribution >= 4 is 33.3 Å². The van der Waals surface area contributed by atoms with Gasteiger partial charge in [-0.25, -0.2) is 18.4 Å². The molecule has 0 unspecified atom stereocenters. The minimum absolute atomic E-state index is 0.0727. The van der Waals surface area contributed by atoms with Crippen LogP contribution in [0.5, 0.6) is 0 Å². The van der Waals surface area contributed by atoms with Gasteiger partial charge >= 0.3 is 0 Å². The summed E-state index contributed by atoms with van der Waals surface area (Å²) in [7, 11) is -2.27. The molecular formula is C19H18N6O4S. The quantitative estimate of drug-likeness (QED) is 0.633. The Kier molecular flexibility index (Phi) is 4.97. The van der Waals surface area contributed by atoms with Crippen molar-refractivity contribution in [1.29, 1.82) is 5.26 Å². The zero-order chi connectivity index (χ0) is 21.5. The standard InChI is InChI=1S/C19H18N6O4S/c1-23(14-11-24(12-14)19-16(10-20)21-8-9-22-19)30(28,29)15-4-2-13(3-5-15)25-17(26)6-7-18(25)27/h2-5,8-9,14H,6-7,11-12H2,1H3. The molecule has 0 radical (unpaired) electrons. The largest absolute Gasteiger partial charge is 0.351 e. The van der Waals surface area contributed by atoms with Crippen molar-refractivity contribution in [3.63, 3.8) is 0 Å². The summed E-state index contributed by atoms with van der Waals surface area (Å²) in [5, 5.41) is 9.14. The summed E-state index contributed by atoms with van der Waals surface area (Å²) in [5.74, 6) is -0.141. The lowest BCUT2D eigenvalue weighted by molar-refractivity contribution is -0.121. The molecule has 1 aromatic carbocycles. The number of nitriles is 1. The molecule has 2 aliphatic heterocycles. The van der Waals surface area contributed by atoms with E-state index in [0.29, 0.717) is 24.6 Å². The third-order valence-corrected chi connectivity index (χ3v) is 7.21. The van der Waals surface area contributed by atoms with Crippen LogP contribution in [0.1, 0.15) is 18.5 Å². The van der Waals surface area contributed by atoms with Crippen molar-refractivity contribution < 1.29 is 18.0 Å². The Morgan fingerprint density at radius 2 is 1.67 bits per heavy atom. The number of anilines is 2. The van der Waals surface area contributed by atoms with Crippen LogP contribution < -0.4 is 9.80 Å². The number of hydrogen-bond acceptors (Lipinski definition) is 8. The van der Waals surface area contributed by atoms with Gasteiger partial charge in [0.1, 0.15) is 6.07 Å². The Balaban J connectivity index is 1.47. The topological polar surface area (TPSA) is 128 Å². The normalized spacial score (nSPS) is 17.4. The van der Waals surface area contributed by atoms with E-state index in [-0.39, 0.29) is 41.3 Å². The third-order valence-electron chi connectivity index (χ3n) is 5.28. The summed E-state index contributed by atoms with van der Waals surface area (Å²) in [4.78, 5) is 34.8. The molecule has 2 aliphatic rings. The lowest BCUT2D eigenvalue weighted by Crippen LogP contribution is -2.60. The Morgan fingerprint density at radius 3 is 2.27 bits per heavy atom. The van der Waals surface area contributed by atoms with Crippen LogP contribution in [-0.2, 0) is 19.6 Å². The van der Waals surface area contributed by atoms with Gasteiger partial charge in [-0.2, -0.15) is 9.57 Å². The molecule has 11 heteroatoms. The second-order valence-electron chi connectivity index (χ2n) is 7.04. The summed E-state index contributed by atoms with van der Waals surface area (Å²) in [6, 6.07) is 7.42. The lowest BCUT2D eigenvalue weighted by atomic mass is 10.1. The van der Waals surface area contributed by atoms with Crippen LogP contribution in [0.4, 0.5) is 11.5 Å². The van der Waals surface area contributed by atoms with Crippen molar-refractivity contribution in [2.75, 3.05) is 29.9 Å². The first kappa shape index (κ1) is 19.9. The van der Waals surface area contributed by atoms with E-state index in [0.717, 1.165) is 4.90 Å². The van der Waals surface area contributed by atoms with E-state index in [1.54, 1.807) is 4.90 Å². The van der Waals surface area contributed by atoms with E-state index >= 15 is 0 Å². The fourth-order valence-electron chi connectivity index (χ4n) is 3.49. The summed E-state index contributed by atoms with van der Waals surface area (Å²) in [5.41, 5.74) is 0.564. The number of rotatable bonds is 5.